The molecule has 0 amide bonds. The third kappa shape index (κ3) is 4.47. The Labute approximate surface area is 120 Å². The summed E-state index contributed by atoms with van der Waals surface area (Å²) in [6, 6.07) is 7.06. The molecular formula is C14H16F3N3O. The van der Waals surface area contributed by atoms with Crippen LogP contribution >= 0.6 is 0 Å². The minimum absolute atomic E-state index is 0.170. The molecule has 0 fully saturated rings. The highest BCUT2D eigenvalue weighted by atomic mass is 19.4. The van der Waals surface area contributed by atoms with Crippen molar-refractivity contribution in [2.24, 2.45) is 0 Å². The van der Waals surface area contributed by atoms with E-state index in [4.69, 9.17) is 4.74 Å². The van der Waals surface area contributed by atoms with Gasteiger partial charge in [0.2, 0.25) is 11.8 Å². The van der Waals surface area contributed by atoms with Crippen LogP contribution in [0.25, 0.3) is 10.9 Å². The highest BCUT2D eigenvalue weighted by Gasteiger charge is 2.27. The van der Waals surface area contributed by atoms with Crippen molar-refractivity contribution in [2.45, 2.75) is 25.9 Å². The predicted octanol–water partition coefficient (Wildman–Crippen LogP) is 3.78. The van der Waals surface area contributed by atoms with Gasteiger partial charge >= 0.3 is 6.18 Å². The van der Waals surface area contributed by atoms with Gasteiger partial charge in [0.1, 0.15) is 0 Å². The lowest BCUT2D eigenvalue weighted by molar-refractivity contribution is -0.139. The highest BCUT2D eigenvalue weighted by molar-refractivity contribution is 5.84. The Kier molecular flexibility index (Phi) is 4.82. The molecule has 0 bridgehead atoms. The maximum atomic E-state index is 12.2. The number of hydrogen-bond acceptors (Lipinski definition) is 4. The first-order valence-electron chi connectivity index (χ1n) is 6.70. The number of anilines is 1. The van der Waals surface area contributed by atoms with E-state index in [9.17, 15) is 13.2 Å². The molecule has 0 saturated heterocycles. The van der Waals surface area contributed by atoms with Gasteiger partial charge < -0.3 is 10.1 Å². The Morgan fingerprint density at radius 2 is 1.95 bits per heavy atom. The summed E-state index contributed by atoms with van der Waals surface area (Å²) in [5.74, 6) is 0.529. The maximum Gasteiger partial charge on any atom is 0.392 e. The van der Waals surface area contributed by atoms with Crippen molar-refractivity contribution in [3.63, 3.8) is 0 Å². The van der Waals surface area contributed by atoms with Crippen molar-refractivity contribution >= 4 is 16.9 Å². The normalized spacial score (nSPS) is 11.6. The van der Waals surface area contributed by atoms with Crippen LogP contribution in [0.3, 0.4) is 0 Å². The van der Waals surface area contributed by atoms with E-state index in [0.717, 1.165) is 6.42 Å². The lowest BCUT2D eigenvalue weighted by Gasteiger charge is -2.11. The van der Waals surface area contributed by atoms with Crippen molar-refractivity contribution < 1.29 is 17.9 Å². The van der Waals surface area contributed by atoms with Gasteiger partial charge in [-0.25, -0.2) is 4.98 Å². The van der Waals surface area contributed by atoms with Gasteiger partial charge in [-0.2, -0.15) is 18.2 Å². The molecule has 1 aromatic carbocycles. The number of halogens is 3. The highest BCUT2D eigenvalue weighted by Crippen LogP contribution is 2.25. The van der Waals surface area contributed by atoms with Gasteiger partial charge in [0, 0.05) is 6.54 Å². The molecule has 2 rings (SSSR count). The van der Waals surface area contributed by atoms with Crippen LogP contribution in [0.15, 0.2) is 24.3 Å². The monoisotopic (exact) mass is 299 g/mol. The number of aromatic nitrogens is 2. The second kappa shape index (κ2) is 6.60. The first kappa shape index (κ1) is 15.3. The van der Waals surface area contributed by atoms with Crippen molar-refractivity contribution in [3.8, 4) is 5.88 Å². The van der Waals surface area contributed by atoms with E-state index in [1.165, 1.54) is 0 Å². The summed E-state index contributed by atoms with van der Waals surface area (Å²) in [7, 11) is 0. The summed E-state index contributed by atoms with van der Waals surface area (Å²) >= 11 is 0. The number of fused-ring (bicyclic) bond motifs is 1. The molecule has 0 aliphatic rings. The third-order valence-corrected chi connectivity index (χ3v) is 2.73. The molecular weight excluding hydrogens is 283 g/mol. The van der Waals surface area contributed by atoms with Crippen LogP contribution in [-0.4, -0.2) is 29.3 Å². The molecule has 0 atom stereocenters. The van der Waals surface area contributed by atoms with E-state index in [-0.39, 0.29) is 5.88 Å². The molecule has 114 valence electrons. The molecule has 0 spiro atoms. The quantitative estimate of drug-likeness (QED) is 0.881. The minimum atomic E-state index is -4.24. The summed E-state index contributed by atoms with van der Waals surface area (Å²) in [5.41, 5.74) is 0.633. The second-order valence-corrected chi connectivity index (χ2v) is 4.51. The van der Waals surface area contributed by atoms with Gasteiger partial charge in [0.15, 0.2) is 0 Å². The average molecular weight is 299 g/mol. The summed E-state index contributed by atoms with van der Waals surface area (Å²) in [6.45, 7) is 2.22. The zero-order valence-corrected chi connectivity index (χ0v) is 11.6. The summed E-state index contributed by atoms with van der Waals surface area (Å²) in [5, 5.41) is 3.61. The predicted molar refractivity (Wildman–Crippen MR) is 74.5 cm³/mol. The van der Waals surface area contributed by atoms with Crippen molar-refractivity contribution in [3.05, 3.63) is 24.3 Å². The van der Waals surface area contributed by atoms with Crippen LogP contribution in [-0.2, 0) is 0 Å². The van der Waals surface area contributed by atoms with Crippen LogP contribution in [0.4, 0.5) is 19.1 Å². The van der Waals surface area contributed by atoms with Gasteiger partial charge in [0.25, 0.3) is 0 Å². The van der Waals surface area contributed by atoms with Crippen molar-refractivity contribution in [1.82, 2.24) is 9.97 Å². The number of ether oxygens (including phenoxy) is 1. The summed E-state index contributed by atoms with van der Waals surface area (Å²) in [4.78, 5) is 8.45. The number of alkyl halides is 3. The van der Waals surface area contributed by atoms with Gasteiger partial charge in [-0.05, 0) is 18.6 Å². The molecule has 1 heterocycles. The molecule has 0 unspecified atom stereocenters. The molecule has 2 aromatic rings. The van der Waals surface area contributed by atoms with E-state index in [1.54, 1.807) is 24.3 Å². The van der Waals surface area contributed by atoms with Crippen LogP contribution in [0.2, 0.25) is 0 Å². The van der Waals surface area contributed by atoms with Crippen LogP contribution in [0.5, 0.6) is 5.88 Å². The first-order valence-corrected chi connectivity index (χ1v) is 6.70. The fourth-order valence-corrected chi connectivity index (χ4v) is 1.74. The molecule has 0 aliphatic carbocycles. The molecule has 1 N–H and O–H groups in total. The molecule has 7 heteroatoms. The standard InChI is InChI=1S/C14H16F3N3O/c1-2-8-18-13-19-11-6-4-3-5-10(11)12(20-13)21-9-7-14(15,16)17/h3-6H,2,7-9H2,1H3,(H,18,19,20). The Morgan fingerprint density at radius 3 is 2.67 bits per heavy atom. The molecule has 0 saturated carbocycles. The Balaban J connectivity index is 2.22. The summed E-state index contributed by atoms with van der Waals surface area (Å²) < 4.78 is 41.8. The van der Waals surface area contributed by atoms with Crippen molar-refractivity contribution in [1.29, 1.82) is 0 Å². The zero-order valence-electron chi connectivity index (χ0n) is 11.6. The van der Waals surface area contributed by atoms with Gasteiger partial charge in [-0.15, -0.1) is 0 Å². The topological polar surface area (TPSA) is 47.0 Å². The Hall–Kier alpha value is -2.05. The number of rotatable bonds is 6. The van der Waals surface area contributed by atoms with Crippen LogP contribution < -0.4 is 10.1 Å². The largest absolute Gasteiger partial charge is 0.477 e. The number of para-hydroxylation sites is 1. The van der Waals surface area contributed by atoms with Gasteiger partial charge in [-0.3, -0.25) is 0 Å². The molecule has 21 heavy (non-hydrogen) atoms. The number of benzene rings is 1. The fourth-order valence-electron chi connectivity index (χ4n) is 1.74. The van der Waals surface area contributed by atoms with E-state index >= 15 is 0 Å². The van der Waals surface area contributed by atoms with Crippen LogP contribution in [0, 0.1) is 0 Å². The molecule has 4 nitrogen and oxygen atoms in total. The van der Waals surface area contributed by atoms with Crippen molar-refractivity contribution in [2.75, 3.05) is 18.5 Å². The first-order chi connectivity index (χ1) is 9.99. The number of hydrogen-bond donors (Lipinski definition) is 1. The van der Waals surface area contributed by atoms with Crippen LogP contribution in [0.1, 0.15) is 19.8 Å². The maximum absolute atomic E-state index is 12.2. The van der Waals surface area contributed by atoms with E-state index in [1.807, 2.05) is 6.92 Å². The Morgan fingerprint density at radius 1 is 1.19 bits per heavy atom. The number of nitrogens with one attached hydrogen (secondary N) is 1. The Bertz CT molecular complexity index is 602. The third-order valence-electron chi connectivity index (χ3n) is 2.73. The fraction of sp³-hybridized carbons (Fsp3) is 0.429. The molecule has 1 aromatic heterocycles. The average Bonchev–Trinajstić information content (AvgIpc) is 2.43. The lowest BCUT2D eigenvalue weighted by atomic mass is 10.2. The summed E-state index contributed by atoms with van der Waals surface area (Å²) in [6.07, 6.45) is -4.37. The van der Waals surface area contributed by atoms with Gasteiger partial charge in [-0.1, -0.05) is 19.1 Å². The molecule has 0 aliphatic heterocycles. The lowest BCUT2D eigenvalue weighted by Crippen LogP contribution is -2.14. The number of nitrogens with zero attached hydrogens (tertiary/aromatic N) is 2. The smallest absolute Gasteiger partial charge is 0.392 e. The van der Waals surface area contributed by atoms with E-state index in [2.05, 4.69) is 15.3 Å². The second-order valence-electron chi connectivity index (χ2n) is 4.51. The van der Waals surface area contributed by atoms with E-state index in [0.29, 0.717) is 23.4 Å². The van der Waals surface area contributed by atoms with Gasteiger partial charge in [0.05, 0.1) is 23.9 Å². The minimum Gasteiger partial charge on any atom is -0.477 e. The van der Waals surface area contributed by atoms with E-state index < -0.39 is 19.2 Å². The zero-order chi connectivity index (χ0) is 15.3. The SMILES string of the molecule is CCCNc1nc(OCCC(F)(F)F)c2ccccc2n1. The molecule has 0 radical (unpaired) electrons.